The largest absolute Gasteiger partial charge is 0.416 e. The van der Waals surface area contributed by atoms with Gasteiger partial charge < -0.3 is 5.32 Å². The lowest BCUT2D eigenvalue weighted by atomic mass is 10.0. The Morgan fingerprint density at radius 1 is 1.19 bits per heavy atom. The molecule has 1 aromatic carbocycles. The second-order valence-electron chi connectivity index (χ2n) is 5.23. The van der Waals surface area contributed by atoms with E-state index in [1.807, 2.05) is 13.8 Å². The van der Waals surface area contributed by atoms with Crippen LogP contribution in [0.2, 0.25) is 0 Å². The van der Waals surface area contributed by atoms with Gasteiger partial charge in [0.1, 0.15) is 5.82 Å². The van der Waals surface area contributed by atoms with E-state index in [0.29, 0.717) is 24.5 Å². The van der Waals surface area contributed by atoms with Gasteiger partial charge in [0, 0.05) is 11.6 Å². The molecule has 1 rings (SSSR count). The molecule has 1 N–H and O–H groups in total. The van der Waals surface area contributed by atoms with Crippen molar-refractivity contribution < 1.29 is 22.4 Å². The minimum absolute atomic E-state index is 0. The molecule has 0 radical (unpaired) electrons. The van der Waals surface area contributed by atoms with Crippen LogP contribution in [-0.4, -0.2) is 11.9 Å². The first-order valence-corrected chi connectivity index (χ1v) is 6.28. The molecule has 1 amide bonds. The van der Waals surface area contributed by atoms with Crippen LogP contribution in [0, 0.1) is 11.7 Å². The van der Waals surface area contributed by atoms with Gasteiger partial charge in [-0.25, -0.2) is 4.39 Å². The molecule has 7 heteroatoms. The van der Waals surface area contributed by atoms with Crippen molar-refractivity contribution in [3.05, 3.63) is 35.1 Å². The minimum Gasteiger partial charge on any atom is -0.350 e. The van der Waals surface area contributed by atoms with E-state index in [9.17, 15) is 22.4 Å². The Morgan fingerprint density at radius 3 is 2.24 bits per heavy atom. The predicted molar refractivity (Wildman–Crippen MR) is 78.2 cm³/mol. The summed E-state index contributed by atoms with van der Waals surface area (Å²) in [5, 5.41) is 2.56. The molecule has 0 bridgehead atoms. The van der Waals surface area contributed by atoms with Gasteiger partial charge in [-0.2, -0.15) is 26.7 Å². The zero-order chi connectivity index (χ0) is 15.5. The molecule has 0 aliphatic heterocycles. The molecule has 0 saturated heterocycles. The van der Waals surface area contributed by atoms with E-state index in [2.05, 4.69) is 5.32 Å². The van der Waals surface area contributed by atoms with Crippen LogP contribution in [0.4, 0.5) is 17.6 Å². The molecular weight excluding hydrogens is 306 g/mol. The molecule has 21 heavy (non-hydrogen) atoms. The van der Waals surface area contributed by atoms with Crippen molar-refractivity contribution in [2.45, 2.75) is 39.4 Å². The highest BCUT2D eigenvalue weighted by Crippen LogP contribution is 2.30. The average molecular weight is 325 g/mol. The highest BCUT2D eigenvalue weighted by atomic mass is 32.1. The maximum atomic E-state index is 13.2. The topological polar surface area (TPSA) is 29.1 Å². The van der Waals surface area contributed by atoms with Crippen molar-refractivity contribution in [1.29, 1.82) is 0 Å². The van der Waals surface area contributed by atoms with E-state index in [4.69, 9.17) is 0 Å². The molecule has 0 fully saturated rings. The van der Waals surface area contributed by atoms with Crippen molar-refractivity contribution in [2.24, 2.45) is 5.92 Å². The lowest BCUT2D eigenvalue weighted by Crippen LogP contribution is -2.33. The standard InChI is InChI=1S/C14H17F4NO.H2S/c1-8(2)4-9(3)19-13(20)10-5-11(14(16,17)18)7-12(15)6-10;/h5-9H,4H2,1-3H3,(H,19,20);1H2/t9-;/m0./s1. The van der Waals surface area contributed by atoms with Crippen molar-refractivity contribution in [2.75, 3.05) is 0 Å². The van der Waals surface area contributed by atoms with Gasteiger partial charge in [-0.1, -0.05) is 13.8 Å². The lowest BCUT2D eigenvalue weighted by Gasteiger charge is -2.16. The molecule has 1 aromatic rings. The van der Waals surface area contributed by atoms with Crippen LogP contribution in [-0.2, 0) is 6.18 Å². The highest BCUT2D eigenvalue weighted by Gasteiger charge is 2.32. The van der Waals surface area contributed by atoms with E-state index < -0.39 is 23.5 Å². The number of rotatable bonds is 4. The van der Waals surface area contributed by atoms with Gasteiger partial charge in [-0.05, 0) is 37.5 Å². The zero-order valence-corrected chi connectivity index (χ0v) is 13.0. The summed E-state index contributed by atoms with van der Waals surface area (Å²) in [6, 6.07) is 1.63. The summed E-state index contributed by atoms with van der Waals surface area (Å²) in [4.78, 5) is 11.8. The number of benzene rings is 1. The van der Waals surface area contributed by atoms with Gasteiger partial charge in [0.25, 0.3) is 5.91 Å². The average Bonchev–Trinajstić information content (AvgIpc) is 2.25. The molecule has 0 heterocycles. The fourth-order valence-electron chi connectivity index (χ4n) is 1.96. The van der Waals surface area contributed by atoms with Gasteiger partial charge in [0.2, 0.25) is 0 Å². The summed E-state index contributed by atoms with van der Waals surface area (Å²) in [5.74, 6) is -1.45. The molecule has 0 saturated carbocycles. The number of hydrogen-bond donors (Lipinski definition) is 1. The number of nitrogens with one attached hydrogen (secondary N) is 1. The summed E-state index contributed by atoms with van der Waals surface area (Å²) < 4.78 is 50.8. The Bertz CT molecular complexity index is 488. The van der Waals surface area contributed by atoms with E-state index in [1.54, 1.807) is 6.92 Å². The third-order valence-corrected chi connectivity index (χ3v) is 2.69. The zero-order valence-electron chi connectivity index (χ0n) is 12.0. The van der Waals surface area contributed by atoms with Gasteiger partial charge in [-0.3, -0.25) is 4.79 Å². The van der Waals surface area contributed by atoms with Crippen molar-refractivity contribution in [1.82, 2.24) is 5.32 Å². The monoisotopic (exact) mass is 325 g/mol. The van der Waals surface area contributed by atoms with Crippen molar-refractivity contribution >= 4 is 19.4 Å². The molecule has 0 spiro atoms. The van der Waals surface area contributed by atoms with Crippen molar-refractivity contribution in [3.63, 3.8) is 0 Å². The number of carbonyl (C=O) groups excluding carboxylic acids is 1. The van der Waals surface area contributed by atoms with Crippen molar-refractivity contribution in [3.8, 4) is 0 Å². The summed E-state index contributed by atoms with van der Waals surface area (Å²) in [5.41, 5.74) is -1.49. The second kappa shape index (κ2) is 7.68. The molecule has 0 aliphatic carbocycles. The van der Waals surface area contributed by atoms with E-state index in [-0.39, 0.29) is 25.1 Å². The SMILES string of the molecule is CC(C)C[C@H](C)NC(=O)c1cc(F)cc(C(F)(F)F)c1.S. The van der Waals surface area contributed by atoms with Crippen LogP contribution in [0.5, 0.6) is 0 Å². The number of halogens is 4. The molecular formula is C14H19F4NOS. The van der Waals surface area contributed by atoms with E-state index in [1.165, 1.54) is 0 Å². The van der Waals surface area contributed by atoms with Gasteiger partial charge in [-0.15, -0.1) is 0 Å². The van der Waals surface area contributed by atoms with E-state index >= 15 is 0 Å². The fraction of sp³-hybridized carbons (Fsp3) is 0.500. The molecule has 120 valence electrons. The summed E-state index contributed by atoms with van der Waals surface area (Å²) >= 11 is 0. The van der Waals surface area contributed by atoms with Crippen LogP contribution in [0.1, 0.15) is 43.1 Å². The Hall–Kier alpha value is -1.24. The predicted octanol–water partition coefficient (Wildman–Crippen LogP) is 4.12. The quantitative estimate of drug-likeness (QED) is 0.829. The summed E-state index contributed by atoms with van der Waals surface area (Å²) in [6.07, 6.45) is -3.99. The smallest absolute Gasteiger partial charge is 0.350 e. The molecule has 2 nitrogen and oxygen atoms in total. The first-order valence-electron chi connectivity index (χ1n) is 6.28. The number of hydrogen-bond acceptors (Lipinski definition) is 1. The normalized spacial score (nSPS) is 12.8. The van der Waals surface area contributed by atoms with Crippen LogP contribution < -0.4 is 5.32 Å². The summed E-state index contributed by atoms with van der Waals surface area (Å²) in [7, 11) is 0. The molecule has 0 unspecified atom stereocenters. The Morgan fingerprint density at radius 2 is 1.76 bits per heavy atom. The van der Waals surface area contributed by atoms with E-state index in [0.717, 1.165) is 6.07 Å². The maximum absolute atomic E-state index is 13.2. The van der Waals surface area contributed by atoms with Gasteiger partial charge >= 0.3 is 6.18 Å². The number of alkyl halides is 3. The Kier molecular flexibility index (Phi) is 7.23. The Labute approximate surface area is 128 Å². The van der Waals surface area contributed by atoms with Crippen LogP contribution in [0.15, 0.2) is 18.2 Å². The second-order valence-corrected chi connectivity index (χ2v) is 5.23. The highest BCUT2D eigenvalue weighted by molar-refractivity contribution is 7.59. The fourth-order valence-corrected chi connectivity index (χ4v) is 1.96. The third kappa shape index (κ3) is 6.37. The maximum Gasteiger partial charge on any atom is 0.416 e. The lowest BCUT2D eigenvalue weighted by molar-refractivity contribution is -0.137. The van der Waals surface area contributed by atoms with Crippen LogP contribution in [0.3, 0.4) is 0 Å². The van der Waals surface area contributed by atoms with Crippen LogP contribution >= 0.6 is 13.5 Å². The molecule has 0 aromatic heterocycles. The first-order chi connectivity index (χ1) is 9.09. The van der Waals surface area contributed by atoms with Crippen LogP contribution in [0.25, 0.3) is 0 Å². The minimum atomic E-state index is -4.68. The van der Waals surface area contributed by atoms with Gasteiger partial charge in [0.15, 0.2) is 0 Å². The summed E-state index contributed by atoms with van der Waals surface area (Å²) in [6.45, 7) is 5.68. The molecule has 0 aliphatic rings. The first kappa shape index (κ1) is 19.8. The third-order valence-electron chi connectivity index (χ3n) is 2.69. The Balaban J connectivity index is 0.00000400. The van der Waals surface area contributed by atoms with Gasteiger partial charge in [0.05, 0.1) is 5.56 Å². The molecule has 1 atom stereocenters. The number of amides is 1. The number of carbonyl (C=O) groups is 1.